The molecule has 5 rings (SSSR count). The number of carbonyl (C=O) groups is 1. The summed E-state index contributed by atoms with van der Waals surface area (Å²) in [7, 11) is 0. The average molecular weight is 563 g/mol. The molecule has 6 nitrogen and oxygen atoms in total. The van der Waals surface area contributed by atoms with E-state index in [2.05, 4.69) is 5.32 Å². The minimum Gasteiger partial charge on any atom is -0.492 e. The van der Waals surface area contributed by atoms with Gasteiger partial charge in [0.05, 0.1) is 0 Å². The lowest BCUT2D eigenvalue weighted by atomic mass is 10.1. The quantitative estimate of drug-likeness (QED) is 0.192. The van der Waals surface area contributed by atoms with Crippen molar-refractivity contribution >= 4 is 5.97 Å². The zero-order valence-electron chi connectivity index (χ0n) is 21.3. The molecule has 40 heavy (non-hydrogen) atoms. The summed E-state index contributed by atoms with van der Waals surface area (Å²) in [5, 5.41) is 12.9. The fourth-order valence-electron chi connectivity index (χ4n) is 5.20. The molecule has 3 aromatic carbocycles. The molecule has 0 spiro atoms. The largest absolute Gasteiger partial charge is 0.492 e. The highest BCUT2D eigenvalue weighted by Crippen LogP contribution is 2.45. The molecule has 2 fully saturated rings. The SMILES string of the molecule is O=C(O)[C@H](Cc1ccc(OCCNC2[C@H]3CN(Cc4cc(F)c(F)cc4F)C[C@@H]23)cc1)Oc1cc(F)ccc1F. The number of nitrogens with zero attached hydrogens (tertiary/aromatic N) is 1. The molecule has 11 heteroatoms. The molecule has 1 unspecified atom stereocenters. The average Bonchev–Trinajstić information content (AvgIpc) is 3.36. The van der Waals surface area contributed by atoms with E-state index in [1.165, 1.54) is 0 Å². The molecule has 212 valence electrons. The van der Waals surface area contributed by atoms with Crippen LogP contribution in [0.5, 0.6) is 11.5 Å². The van der Waals surface area contributed by atoms with Crippen molar-refractivity contribution < 1.29 is 41.3 Å². The molecule has 4 atom stereocenters. The molecule has 0 radical (unpaired) electrons. The Bertz CT molecular complexity index is 1360. The van der Waals surface area contributed by atoms with Crippen LogP contribution in [0.3, 0.4) is 0 Å². The number of ether oxygens (including phenoxy) is 2. The highest BCUT2D eigenvalue weighted by atomic mass is 19.2. The molecule has 2 N–H and O–H groups in total. The van der Waals surface area contributed by atoms with Crippen molar-refractivity contribution in [3.63, 3.8) is 0 Å². The summed E-state index contributed by atoms with van der Waals surface area (Å²) in [6.45, 7) is 2.74. The summed E-state index contributed by atoms with van der Waals surface area (Å²) in [6, 6.07) is 11.2. The number of halogens is 5. The van der Waals surface area contributed by atoms with E-state index >= 15 is 0 Å². The number of rotatable bonds is 12. The van der Waals surface area contributed by atoms with E-state index in [0.717, 1.165) is 37.4 Å². The number of carboxylic acid groups (broad SMARTS) is 1. The zero-order valence-corrected chi connectivity index (χ0v) is 21.3. The van der Waals surface area contributed by atoms with Crippen molar-refractivity contribution in [2.24, 2.45) is 11.8 Å². The van der Waals surface area contributed by atoms with Gasteiger partial charge in [0.1, 0.15) is 24.0 Å². The van der Waals surface area contributed by atoms with Crippen molar-refractivity contribution in [3.05, 3.63) is 94.8 Å². The first-order chi connectivity index (χ1) is 19.2. The number of carboxylic acids is 1. The minimum absolute atomic E-state index is 0.0582. The fraction of sp³-hybridized carbons (Fsp3) is 0.345. The Balaban J connectivity index is 1.02. The Hall–Kier alpha value is -3.70. The highest BCUT2D eigenvalue weighted by molar-refractivity contribution is 5.73. The predicted molar refractivity (Wildman–Crippen MR) is 134 cm³/mol. The smallest absolute Gasteiger partial charge is 0.345 e. The van der Waals surface area contributed by atoms with Crippen LogP contribution >= 0.6 is 0 Å². The molecular weight excluding hydrogens is 535 g/mol. The van der Waals surface area contributed by atoms with Gasteiger partial charge in [-0.25, -0.2) is 26.7 Å². The number of likely N-dealkylation sites (tertiary alicyclic amines) is 1. The fourth-order valence-corrected chi connectivity index (χ4v) is 5.20. The van der Waals surface area contributed by atoms with Gasteiger partial charge in [-0.1, -0.05) is 12.1 Å². The zero-order chi connectivity index (χ0) is 28.4. The van der Waals surface area contributed by atoms with Gasteiger partial charge in [0, 0.05) is 56.3 Å². The topological polar surface area (TPSA) is 71.0 Å². The Morgan fingerprint density at radius 3 is 2.33 bits per heavy atom. The van der Waals surface area contributed by atoms with Crippen LogP contribution in [-0.4, -0.2) is 54.4 Å². The lowest BCUT2D eigenvalue weighted by molar-refractivity contribution is -0.145. The summed E-state index contributed by atoms with van der Waals surface area (Å²) in [4.78, 5) is 13.6. The van der Waals surface area contributed by atoms with Crippen LogP contribution in [-0.2, 0) is 17.8 Å². The van der Waals surface area contributed by atoms with Gasteiger partial charge in [-0.15, -0.1) is 0 Å². The highest BCUT2D eigenvalue weighted by Gasteiger charge is 2.55. The molecule has 2 aliphatic rings. The molecule has 1 aliphatic heterocycles. The van der Waals surface area contributed by atoms with Gasteiger partial charge < -0.3 is 19.9 Å². The minimum atomic E-state index is -1.41. The number of aliphatic carboxylic acids is 1. The number of hydrogen-bond acceptors (Lipinski definition) is 5. The Morgan fingerprint density at radius 2 is 1.62 bits per heavy atom. The lowest BCUT2D eigenvalue weighted by Gasteiger charge is -2.20. The molecule has 1 saturated heterocycles. The molecular formula is C29H27F5N2O4. The summed E-state index contributed by atoms with van der Waals surface area (Å²) in [5.74, 6) is -4.93. The van der Waals surface area contributed by atoms with E-state index in [1.54, 1.807) is 24.3 Å². The molecule has 1 aliphatic carbocycles. The number of hydrogen-bond donors (Lipinski definition) is 2. The van der Waals surface area contributed by atoms with Crippen LogP contribution in [0, 0.1) is 40.9 Å². The van der Waals surface area contributed by atoms with Crippen LogP contribution in [0.15, 0.2) is 54.6 Å². The monoisotopic (exact) mass is 562 g/mol. The van der Waals surface area contributed by atoms with E-state index in [-0.39, 0.29) is 18.5 Å². The van der Waals surface area contributed by atoms with Crippen molar-refractivity contribution in [2.75, 3.05) is 26.2 Å². The van der Waals surface area contributed by atoms with Gasteiger partial charge in [-0.05, 0) is 47.7 Å². The Labute approximate surface area is 227 Å². The maximum Gasteiger partial charge on any atom is 0.345 e. The maximum atomic E-state index is 13.9. The van der Waals surface area contributed by atoms with Crippen LogP contribution in [0.4, 0.5) is 22.0 Å². The second kappa shape index (κ2) is 11.8. The number of fused-ring (bicyclic) bond motifs is 1. The van der Waals surface area contributed by atoms with Crippen LogP contribution in [0.1, 0.15) is 11.1 Å². The first kappa shape index (κ1) is 27.9. The standard InChI is InChI=1S/C29H27F5N2O4/c30-18-3-6-22(31)26(11-18)40-27(29(37)38)9-16-1-4-19(5-2-16)39-8-7-35-28-20-14-36(15-21(20)28)13-17-10-24(33)25(34)12-23(17)32/h1-6,10-12,20-21,27-28,35H,7-9,13-15H2,(H,37,38)/t20-,21+,27-,28?/m0/s1. The molecule has 0 bridgehead atoms. The Morgan fingerprint density at radius 1 is 0.925 bits per heavy atom. The third-order valence-electron chi connectivity index (χ3n) is 7.29. The third-order valence-corrected chi connectivity index (χ3v) is 7.29. The summed E-state index contributed by atoms with van der Waals surface area (Å²) in [5.41, 5.74) is 0.768. The molecule has 1 heterocycles. The lowest BCUT2D eigenvalue weighted by Crippen LogP contribution is -2.33. The van der Waals surface area contributed by atoms with Crippen molar-refractivity contribution in [3.8, 4) is 11.5 Å². The van der Waals surface area contributed by atoms with Crippen LogP contribution in [0.25, 0.3) is 0 Å². The van der Waals surface area contributed by atoms with E-state index in [0.29, 0.717) is 48.4 Å². The van der Waals surface area contributed by atoms with Gasteiger partial charge in [-0.2, -0.15) is 0 Å². The second-order valence-electron chi connectivity index (χ2n) is 10.1. The normalized spacial score (nSPS) is 20.7. The van der Waals surface area contributed by atoms with E-state index in [9.17, 15) is 31.9 Å². The van der Waals surface area contributed by atoms with E-state index in [4.69, 9.17) is 9.47 Å². The van der Waals surface area contributed by atoms with Gasteiger partial charge in [0.25, 0.3) is 0 Å². The molecule has 0 aromatic heterocycles. The molecule has 3 aromatic rings. The molecule has 1 saturated carbocycles. The summed E-state index contributed by atoms with van der Waals surface area (Å²) >= 11 is 0. The predicted octanol–water partition coefficient (Wildman–Crippen LogP) is 4.56. The third kappa shape index (κ3) is 6.53. The van der Waals surface area contributed by atoms with Crippen molar-refractivity contribution in [1.82, 2.24) is 10.2 Å². The first-order valence-electron chi connectivity index (χ1n) is 12.8. The van der Waals surface area contributed by atoms with Crippen molar-refractivity contribution in [1.29, 1.82) is 0 Å². The van der Waals surface area contributed by atoms with E-state index in [1.807, 2.05) is 4.90 Å². The van der Waals surface area contributed by atoms with Crippen LogP contribution in [0.2, 0.25) is 0 Å². The molecule has 0 amide bonds. The summed E-state index contributed by atoms with van der Waals surface area (Å²) < 4.78 is 78.7. The van der Waals surface area contributed by atoms with E-state index < -0.39 is 46.9 Å². The van der Waals surface area contributed by atoms with Crippen LogP contribution < -0.4 is 14.8 Å². The van der Waals surface area contributed by atoms with Crippen molar-refractivity contribution in [2.45, 2.75) is 25.1 Å². The van der Waals surface area contributed by atoms with Gasteiger partial charge in [0.2, 0.25) is 0 Å². The number of nitrogens with one attached hydrogen (secondary N) is 1. The maximum absolute atomic E-state index is 13.9. The second-order valence-corrected chi connectivity index (χ2v) is 10.1. The number of piperidine rings is 1. The number of benzene rings is 3. The Kier molecular flexibility index (Phi) is 8.22. The first-order valence-corrected chi connectivity index (χ1v) is 12.8. The van der Waals surface area contributed by atoms with Gasteiger partial charge in [0.15, 0.2) is 29.3 Å². The van der Waals surface area contributed by atoms with Gasteiger partial charge in [-0.3, -0.25) is 4.90 Å². The summed E-state index contributed by atoms with van der Waals surface area (Å²) in [6.07, 6.45) is -1.46. The van der Waals surface area contributed by atoms with Gasteiger partial charge >= 0.3 is 5.97 Å².